The van der Waals surface area contributed by atoms with Gasteiger partial charge in [0.05, 0.1) is 11.4 Å². The van der Waals surface area contributed by atoms with Gasteiger partial charge in [-0.3, -0.25) is 5.10 Å². The van der Waals surface area contributed by atoms with Gasteiger partial charge in [-0.2, -0.15) is 5.10 Å². The third-order valence-electron chi connectivity index (χ3n) is 4.80. The molecule has 0 unspecified atom stereocenters. The molecule has 24 heavy (non-hydrogen) atoms. The summed E-state index contributed by atoms with van der Waals surface area (Å²) in [7, 11) is 0. The Morgan fingerprint density at radius 2 is 2.00 bits per heavy atom. The molecular weight excluding hydrogens is 300 g/mol. The fourth-order valence-corrected chi connectivity index (χ4v) is 3.36. The smallest absolute Gasteiger partial charge is 0.181 e. The van der Waals surface area contributed by atoms with Crippen molar-refractivity contribution in [3.8, 4) is 11.4 Å². The molecule has 3 heterocycles. The molecule has 3 aromatic rings. The summed E-state index contributed by atoms with van der Waals surface area (Å²) in [5, 5.41) is 11.8. The van der Waals surface area contributed by atoms with Crippen LogP contribution >= 0.6 is 0 Å². The van der Waals surface area contributed by atoms with Crippen LogP contribution in [0.15, 0.2) is 36.5 Å². The van der Waals surface area contributed by atoms with Gasteiger partial charge in [-0.05, 0) is 55.9 Å². The number of pyridine rings is 2. The van der Waals surface area contributed by atoms with Gasteiger partial charge in [-0.25, -0.2) is 9.97 Å². The van der Waals surface area contributed by atoms with Gasteiger partial charge >= 0.3 is 0 Å². The van der Waals surface area contributed by atoms with Crippen LogP contribution in [0.5, 0.6) is 0 Å². The molecule has 0 bridgehead atoms. The SMILES string of the molecule is NC1CCC(CNc2cccc(-c3[nH]nc4ncccc34)n2)CC1. The van der Waals surface area contributed by atoms with Crippen LogP contribution < -0.4 is 11.1 Å². The summed E-state index contributed by atoms with van der Waals surface area (Å²) in [5.74, 6) is 1.58. The van der Waals surface area contributed by atoms with Gasteiger partial charge < -0.3 is 11.1 Å². The zero-order valence-electron chi connectivity index (χ0n) is 13.6. The summed E-state index contributed by atoms with van der Waals surface area (Å²) in [5.41, 5.74) is 8.47. The molecule has 4 rings (SSSR count). The number of nitrogens with one attached hydrogen (secondary N) is 2. The summed E-state index contributed by atoms with van der Waals surface area (Å²) in [6, 6.07) is 10.3. The van der Waals surface area contributed by atoms with Gasteiger partial charge in [0.2, 0.25) is 0 Å². The van der Waals surface area contributed by atoms with Crippen LogP contribution in [-0.2, 0) is 0 Å². The second-order valence-electron chi connectivity index (χ2n) is 6.54. The summed E-state index contributed by atoms with van der Waals surface area (Å²) < 4.78 is 0. The van der Waals surface area contributed by atoms with Gasteiger partial charge in [0.25, 0.3) is 0 Å². The van der Waals surface area contributed by atoms with Crippen LogP contribution in [0, 0.1) is 5.92 Å². The van der Waals surface area contributed by atoms with E-state index in [-0.39, 0.29) is 0 Å². The standard InChI is InChI=1S/C18H22N6/c19-13-8-6-12(7-9-13)11-21-16-5-1-4-15(22-16)17-14-3-2-10-20-18(14)24-23-17/h1-5,10,12-13H,6-9,11,19H2,(H,21,22)(H,20,23,24). The van der Waals surface area contributed by atoms with Crippen molar-refractivity contribution >= 4 is 16.9 Å². The first-order valence-electron chi connectivity index (χ1n) is 8.55. The van der Waals surface area contributed by atoms with Gasteiger partial charge in [0.1, 0.15) is 5.82 Å². The van der Waals surface area contributed by atoms with E-state index in [1.54, 1.807) is 6.20 Å². The third-order valence-corrected chi connectivity index (χ3v) is 4.80. The first kappa shape index (κ1) is 15.1. The van der Waals surface area contributed by atoms with Crippen molar-refractivity contribution in [2.45, 2.75) is 31.7 Å². The Morgan fingerprint density at radius 3 is 2.88 bits per heavy atom. The molecule has 4 N–H and O–H groups in total. The highest BCUT2D eigenvalue weighted by Crippen LogP contribution is 2.26. The number of H-pyrrole nitrogens is 1. The van der Waals surface area contributed by atoms with Crippen molar-refractivity contribution in [1.29, 1.82) is 0 Å². The average Bonchev–Trinajstić information content (AvgIpc) is 3.06. The summed E-state index contributed by atoms with van der Waals surface area (Å²) >= 11 is 0. The summed E-state index contributed by atoms with van der Waals surface area (Å²) in [6.45, 7) is 0.953. The van der Waals surface area contributed by atoms with Crippen molar-refractivity contribution in [3.05, 3.63) is 36.5 Å². The maximum Gasteiger partial charge on any atom is 0.181 e. The van der Waals surface area contributed by atoms with E-state index in [9.17, 15) is 0 Å². The van der Waals surface area contributed by atoms with E-state index in [1.807, 2.05) is 30.3 Å². The predicted molar refractivity (Wildman–Crippen MR) is 95.5 cm³/mol. The van der Waals surface area contributed by atoms with Crippen LogP contribution in [0.4, 0.5) is 5.82 Å². The molecular formula is C18H22N6. The van der Waals surface area contributed by atoms with Crippen molar-refractivity contribution in [3.63, 3.8) is 0 Å². The Balaban J connectivity index is 1.49. The zero-order valence-corrected chi connectivity index (χ0v) is 13.6. The molecule has 1 saturated carbocycles. The molecule has 1 aliphatic carbocycles. The lowest BCUT2D eigenvalue weighted by Crippen LogP contribution is -2.29. The largest absolute Gasteiger partial charge is 0.370 e. The number of nitrogens with two attached hydrogens (primary N) is 1. The molecule has 0 aliphatic heterocycles. The molecule has 0 spiro atoms. The van der Waals surface area contributed by atoms with Gasteiger partial charge in [0, 0.05) is 24.2 Å². The maximum absolute atomic E-state index is 5.98. The molecule has 0 aromatic carbocycles. The highest BCUT2D eigenvalue weighted by atomic mass is 15.2. The topological polar surface area (TPSA) is 92.5 Å². The first-order chi connectivity index (χ1) is 11.8. The number of hydrogen-bond donors (Lipinski definition) is 3. The predicted octanol–water partition coefficient (Wildman–Crippen LogP) is 2.95. The van der Waals surface area contributed by atoms with Crippen LogP contribution in [-0.4, -0.2) is 32.8 Å². The second-order valence-corrected chi connectivity index (χ2v) is 6.54. The van der Waals surface area contributed by atoms with Crippen molar-refractivity contribution in [1.82, 2.24) is 20.2 Å². The van der Waals surface area contributed by atoms with E-state index in [0.717, 1.165) is 42.0 Å². The number of nitrogens with zero attached hydrogens (tertiary/aromatic N) is 3. The van der Waals surface area contributed by atoms with E-state index in [1.165, 1.54) is 12.8 Å². The van der Waals surface area contributed by atoms with Crippen molar-refractivity contribution in [2.75, 3.05) is 11.9 Å². The lowest BCUT2D eigenvalue weighted by Gasteiger charge is -2.26. The fourth-order valence-electron chi connectivity index (χ4n) is 3.36. The van der Waals surface area contributed by atoms with Gasteiger partial charge in [-0.15, -0.1) is 0 Å². The van der Waals surface area contributed by atoms with Crippen LogP contribution in [0.2, 0.25) is 0 Å². The normalized spacial score (nSPS) is 21.0. The zero-order chi connectivity index (χ0) is 16.4. The number of anilines is 1. The van der Waals surface area contributed by atoms with Crippen LogP contribution in [0.25, 0.3) is 22.4 Å². The lowest BCUT2D eigenvalue weighted by atomic mass is 9.86. The van der Waals surface area contributed by atoms with E-state index < -0.39 is 0 Å². The number of rotatable bonds is 4. The monoisotopic (exact) mass is 322 g/mol. The first-order valence-corrected chi connectivity index (χ1v) is 8.55. The minimum atomic E-state index is 0.393. The van der Waals surface area contributed by atoms with Crippen molar-refractivity contribution in [2.24, 2.45) is 11.7 Å². The van der Waals surface area contributed by atoms with E-state index in [0.29, 0.717) is 17.6 Å². The Labute approximate surface area is 140 Å². The molecule has 124 valence electrons. The Bertz CT molecular complexity index is 819. The van der Waals surface area contributed by atoms with Crippen molar-refractivity contribution < 1.29 is 0 Å². The lowest BCUT2D eigenvalue weighted by molar-refractivity contribution is 0.338. The number of hydrogen-bond acceptors (Lipinski definition) is 5. The fraction of sp³-hybridized carbons (Fsp3) is 0.389. The minimum Gasteiger partial charge on any atom is -0.370 e. The van der Waals surface area contributed by atoms with E-state index in [4.69, 9.17) is 10.7 Å². The molecule has 6 nitrogen and oxygen atoms in total. The van der Waals surface area contributed by atoms with Crippen LogP contribution in [0.3, 0.4) is 0 Å². The number of fused-ring (bicyclic) bond motifs is 1. The minimum absolute atomic E-state index is 0.393. The average molecular weight is 322 g/mol. The summed E-state index contributed by atoms with van der Waals surface area (Å²) in [4.78, 5) is 8.99. The number of aromatic amines is 1. The van der Waals surface area contributed by atoms with Gasteiger partial charge in [0.15, 0.2) is 5.65 Å². The molecule has 0 radical (unpaired) electrons. The number of aromatic nitrogens is 4. The Hall–Kier alpha value is -2.47. The Morgan fingerprint density at radius 1 is 1.12 bits per heavy atom. The third kappa shape index (κ3) is 3.10. The second kappa shape index (κ2) is 6.57. The maximum atomic E-state index is 5.98. The molecule has 1 fully saturated rings. The molecule has 6 heteroatoms. The highest BCUT2D eigenvalue weighted by Gasteiger charge is 2.18. The molecule has 0 amide bonds. The molecule has 0 saturated heterocycles. The molecule has 3 aromatic heterocycles. The molecule has 1 aliphatic rings. The van der Waals surface area contributed by atoms with E-state index in [2.05, 4.69) is 20.5 Å². The quantitative estimate of drug-likeness (QED) is 0.687. The Kier molecular flexibility index (Phi) is 4.13. The highest BCUT2D eigenvalue weighted by molar-refractivity contribution is 5.89. The molecule has 0 atom stereocenters. The van der Waals surface area contributed by atoms with Crippen LogP contribution in [0.1, 0.15) is 25.7 Å². The summed E-state index contributed by atoms with van der Waals surface area (Å²) in [6.07, 6.45) is 6.41. The van der Waals surface area contributed by atoms with E-state index >= 15 is 0 Å². The van der Waals surface area contributed by atoms with Gasteiger partial charge in [-0.1, -0.05) is 6.07 Å².